The van der Waals surface area contributed by atoms with Crippen molar-refractivity contribution in [3.63, 3.8) is 0 Å². The van der Waals surface area contributed by atoms with Gasteiger partial charge in [-0.15, -0.1) is 11.3 Å². The Bertz CT molecular complexity index is 1060. The molecule has 1 aliphatic carbocycles. The fraction of sp³-hybridized carbons (Fsp3) is 0.500. The molecule has 1 aliphatic heterocycles. The van der Waals surface area contributed by atoms with Gasteiger partial charge in [-0.1, -0.05) is 6.92 Å². The Kier molecular flexibility index (Phi) is 4.56. The molecule has 2 aliphatic rings. The first-order chi connectivity index (χ1) is 13.6. The van der Waals surface area contributed by atoms with Crippen LogP contribution in [0.5, 0.6) is 0 Å². The van der Waals surface area contributed by atoms with Crippen molar-refractivity contribution in [1.82, 2.24) is 19.4 Å². The number of fused-ring (bicyclic) bond motifs is 3. The Hall–Kier alpha value is -2.05. The zero-order valence-corrected chi connectivity index (χ0v) is 17.3. The average Bonchev–Trinajstić information content (AvgIpc) is 3.07. The smallest absolute Gasteiger partial charge is 0.263 e. The normalized spacial score (nSPS) is 21.1. The largest absolute Gasteiger partial charge is 0.306 e. The van der Waals surface area contributed by atoms with Crippen molar-refractivity contribution < 1.29 is 0 Å². The molecular weight excluding hydrogens is 368 g/mol. The molecule has 4 heterocycles. The second-order valence-corrected chi connectivity index (χ2v) is 9.50. The molecule has 0 aromatic carbocycles. The third kappa shape index (κ3) is 2.99. The number of aromatic nitrogens is 3. The van der Waals surface area contributed by atoms with E-state index < -0.39 is 0 Å². The summed E-state index contributed by atoms with van der Waals surface area (Å²) in [5.74, 6) is 1.50. The highest BCUT2D eigenvalue weighted by molar-refractivity contribution is 7.18. The molecule has 0 N–H and O–H groups in total. The van der Waals surface area contributed by atoms with Gasteiger partial charge in [0, 0.05) is 28.9 Å². The van der Waals surface area contributed by atoms with Gasteiger partial charge in [0.05, 0.1) is 5.39 Å². The van der Waals surface area contributed by atoms with Crippen LogP contribution in [0.3, 0.4) is 0 Å². The Morgan fingerprint density at radius 1 is 1.14 bits per heavy atom. The molecule has 0 radical (unpaired) electrons. The molecule has 6 heteroatoms. The van der Waals surface area contributed by atoms with Gasteiger partial charge in [-0.3, -0.25) is 14.3 Å². The van der Waals surface area contributed by atoms with E-state index in [4.69, 9.17) is 4.98 Å². The van der Waals surface area contributed by atoms with Gasteiger partial charge < -0.3 is 4.90 Å². The van der Waals surface area contributed by atoms with Crippen molar-refractivity contribution in [1.29, 1.82) is 0 Å². The Morgan fingerprint density at radius 2 is 1.89 bits per heavy atom. The summed E-state index contributed by atoms with van der Waals surface area (Å²) in [6, 6.07) is 4.14. The van der Waals surface area contributed by atoms with Crippen molar-refractivity contribution in [2.24, 2.45) is 5.92 Å². The first-order valence-corrected chi connectivity index (χ1v) is 11.1. The van der Waals surface area contributed by atoms with E-state index in [1.807, 2.05) is 16.7 Å². The van der Waals surface area contributed by atoms with Gasteiger partial charge in [-0.2, -0.15) is 0 Å². The number of nitrogens with zero attached hydrogens (tertiary/aromatic N) is 4. The zero-order chi connectivity index (χ0) is 19.3. The standard InChI is InChI=1S/C22H26N4OS/c1-14-3-4-17-18(13-14)28-21-19(17)22(27)26(16-7-11-25(2)12-8-16)20(24-21)15-5-9-23-10-6-15/h5-6,9-10,14,16H,3-4,7-8,11-13H2,1-2H3. The lowest BCUT2D eigenvalue weighted by atomic mass is 9.89. The molecule has 0 amide bonds. The van der Waals surface area contributed by atoms with Gasteiger partial charge in [0.15, 0.2) is 0 Å². The molecule has 5 nitrogen and oxygen atoms in total. The Morgan fingerprint density at radius 3 is 2.64 bits per heavy atom. The molecule has 28 heavy (non-hydrogen) atoms. The number of thiophene rings is 1. The molecule has 3 aromatic heterocycles. The predicted octanol–water partition coefficient (Wildman–Crippen LogP) is 3.91. The summed E-state index contributed by atoms with van der Waals surface area (Å²) < 4.78 is 2.01. The molecule has 1 atom stereocenters. The highest BCUT2D eigenvalue weighted by atomic mass is 32.1. The molecule has 1 saturated heterocycles. The number of rotatable bonds is 2. The van der Waals surface area contributed by atoms with E-state index in [-0.39, 0.29) is 11.6 Å². The molecule has 0 spiro atoms. The summed E-state index contributed by atoms with van der Waals surface area (Å²) in [5.41, 5.74) is 2.42. The maximum Gasteiger partial charge on any atom is 0.263 e. The minimum absolute atomic E-state index is 0.165. The van der Waals surface area contributed by atoms with Crippen LogP contribution in [0.1, 0.15) is 42.7 Å². The Labute approximate surface area is 169 Å². The van der Waals surface area contributed by atoms with Gasteiger partial charge in [-0.05, 0) is 75.9 Å². The topological polar surface area (TPSA) is 51.0 Å². The van der Waals surface area contributed by atoms with Crippen LogP contribution in [0.25, 0.3) is 21.6 Å². The number of hydrogen-bond donors (Lipinski definition) is 0. The second kappa shape index (κ2) is 7.08. The van der Waals surface area contributed by atoms with Crippen LogP contribution in [0, 0.1) is 5.92 Å². The van der Waals surface area contributed by atoms with Crippen LogP contribution >= 0.6 is 11.3 Å². The van der Waals surface area contributed by atoms with Gasteiger partial charge in [0.2, 0.25) is 0 Å². The minimum atomic E-state index is 0.165. The van der Waals surface area contributed by atoms with Crippen molar-refractivity contribution in [3.05, 3.63) is 45.3 Å². The van der Waals surface area contributed by atoms with Gasteiger partial charge in [-0.25, -0.2) is 4.98 Å². The third-order valence-electron chi connectivity index (χ3n) is 6.35. The van der Waals surface area contributed by atoms with Crippen molar-refractivity contribution in [3.8, 4) is 11.4 Å². The van der Waals surface area contributed by atoms with Crippen LogP contribution < -0.4 is 5.56 Å². The lowest BCUT2D eigenvalue weighted by molar-refractivity contribution is 0.219. The van der Waals surface area contributed by atoms with E-state index in [1.165, 1.54) is 16.9 Å². The van der Waals surface area contributed by atoms with Gasteiger partial charge in [0.25, 0.3) is 5.56 Å². The van der Waals surface area contributed by atoms with E-state index in [0.717, 1.165) is 60.4 Å². The molecule has 146 valence electrons. The third-order valence-corrected chi connectivity index (χ3v) is 7.50. The molecular formula is C22H26N4OS. The number of pyridine rings is 1. The average molecular weight is 395 g/mol. The summed E-state index contributed by atoms with van der Waals surface area (Å²) in [6.07, 6.45) is 8.80. The minimum Gasteiger partial charge on any atom is -0.306 e. The molecule has 1 unspecified atom stereocenters. The van der Waals surface area contributed by atoms with E-state index in [0.29, 0.717) is 5.92 Å². The fourth-order valence-corrected chi connectivity index (χ4v) is 6.07. The molecule has 5 rings (SSSR count). The maximum absolute atomic E-state index is 13.8. The van der Waals surface area contributed by atoms with Gasteiger partial charge >= 0.3 is 0 Å². The summed E-state index contributed by atoms with van der Waals surface area (Å²) in [7, 11) is 2.15. The number of piperidine rings is 1. The summed E-state index contributed by atoms with van der Waals surface area (Å²) >= 11 is 1.73. The summed E-state index contributed by atoms with van der Waals surface area (Å²) in [4.78, 5) is 27.7. The highest BCUT2D eigenvalue weighted by Crippen LogP contribution is 2.37. The molecule has 3 aromatic rings. The van der Waals surface area contributed by atoms with E-state index in [2.05, 4.69) is 23.9 Å². The van der Waals surface area contributed by atoms with Crippen molar-refractivity contribution in [2.45, 2.75) is 45.1 Å². The van der Waals surface area contributed by atoms with Crippen LogP contribution in [0.4, 0.5) is 0 Å². The monoisotopic (exact) mass is 394 g/mol. The molecule has 1 fully saturated rings. The molecule has 0 bridgehead atoms. The van der Waals surface area contributed by atoms with E-state index in [1.54, 1.807) is 23.7 Å². The van der Waals surface area contributed by atoms with Crippen LogP contribution in [-0.2, 0) is 12.8 Å². The molecule has 0 saturated carbocycles. The van der Waals surface area contributed by atoms with Crippen LogP contribution in [0.2, 0.25) is 0 Å². The first-order valence-electron chi connectivity index (χ1n) is 10.3. The summed E-state index contributed by atoms with van der Waals surface area (Å²) in [6.45, 7) is 4.34. The number of likely N-dealkylation sites (tertiary alicyclic amines) is 1. The fourth-order valence-electron chi connectivity index (χ4n) is 4.70. The van der Waals surface area contributed by atoms with Crippen LogP contribution in [-0.4, -0.2) is 39.6 Å². The number of hydrogen-bond acceptors (Lipinski definition) is 5. The lowest BCUT2D eigenvalue weighted by Gasteiger charge is -2.31. The zero-order valence-electron chi connectivity index (χ0n) is 16.5. The second-order valence-electron chi connectivity index (χ2n) is 8.41. The maximum atomic E-state index is 13.8. The lowest BCUT2D eigenvalue weighted by Crippen LogP contribution is -2.36. The Balaban J connectivity index is 1.75. The summed E-state index contributed by atoms with van der Waals surface area (Å²) in [5, 5.41) is 0.892. The van der Waals surface area contributed by atoms with E-state index in [9.17, 15) is 4.79 Å². The number of aryl methyl sites for hydroxylation is 1. The quantitative estimate of drug-likeness (QED) is 0.661. The van der Waals surface area contributed by atoms with Crippen LogP contribution in [0.15, 0.2) is 29.3 Å². The van der Waals surface area contributed by atoms with Crippen molar-refractivity contribution in [2.75, 3.05) is 20.1 Å². The predicted molar refractivity (Wildman–Crippen MR) is 114 cm³/mol. The van der Waals surface area contributed by atoms with Crippen molar-refractivity contribution >= 4 is 21.6 Å². The highest BCUT2D eigenvalue weighted by Gasteiger charge is 2.28. The van der Waals surface area contributed by atoms with E-state index >= 15 is 0 Å². The van der Waals surface area contributed by atoms with Gasteiger partial charge in [0.1, 0.15) is 10.7 Å². The SMILES string of the molecule is CC1CCc2c(sc3nc(-c4ccncc4)n(C4CCN(C)CC4)c(=O)c23)C1. The first kappa shape index (κ1) is 18.0.